The number of urea groups is 1. The molecule has 1 aliphatic rings. The molecule has 0 radical (unpaired) electrons. The van der Waals surface area contributed by atoms with Gasteiger partial charge in [0.15, 0.2) is 0 Å². The minimum absolute atomic E-state index is 0.273. The Hall–Kier alpha value is -1.56. The highest BCUT2D eigenvalue weighted by Crippen LogP contribution is 2.23. The first-order chi connectivity index (χ1) is 9.61. The Bertz CT molecular complexity index is 487. The smallest absolute Gasteiger partial charge is 0.326 e. The van der Waals surface area contributed by atoms with Crippen LogP contribution < -0.4 is 5.32 Å². The maximum atomic E-state index is 12.2. The summed E-state index contributed by atoms with van der Waals surface area (Å²) in [6.45, 7) is 3.23. The number of aliphatic carboxylic acids is 1. The van der Waals surface area contributed by atoms with E-state index in [1.54, 1.807) is 16.2 Å². The zero-order valence-corrected chi connectivity index (χ0v) is 12.4. The molecule has 0 fully saturated rings. The highest BCUT2D eigenvalue weighted by Gasteiger charge is 2.25. The maximum absolute atomic E-state index is 12.2. The van der Waals surface area contributed by atoms with Crippen molar-refractivity contribution in [3.8, 4) is 0 Å². The molecule has 1 atom stereocenters. The number of carbonyl (C=O) groups is 2. The number of hydrogen-bond donors (Lipinski definition) is 2. The summed E-state index contributed by atoms with van der Waals surface area (Å²) in [5.74, 6) is -0.958. The third-order valence-electron chi connectivity index (χ3n) is 3.54. The van der Waals surface area contributed by atoms with Crippen molar-refractivity contribution in [3.05, 3.63) is 21.9 Å². The van der Waals surface area contributed by atoms with E-state index in [1.165, 1.54) is 10.4 Å². The van der Waals surface area contributed by atoms with E-state index in [4.69, 9.17) is 5.11 Å². The quantitative estimate of drug-likeness (QED) is 0.877. The van der Waals surface area contributed by atoms with Crippen molar-refractivity contribution in [1.29, 1.82) is 0 Å². The molecule has 2 heterocycles. The van der Waals surface area contributed by atoms with E-state index in [2.05, 4.69) is 5.32 Å². The molecule has 20 heavy (non-hydrogen) atoms. The summed E-state index contributed by atoms with van der Waals surface area (Å²) in [5, 5.41) is 13.8. The number of rotatable bonds is 5. The van der Waals surface area contributed by atoms with Crippen molar-refractivity contribution < 1.29 is 14.7 Å². The molecule has 2 amide bonds. The minimum atomic E-state index is -0.958. The fourth-order valence-corrected chi connectivity index (χ4v) is 3.22. The number of unbranched alkanes of at least 4 members (excludes halogenated alkanes) is 1. The van der Waals surface area contributed by atoms with Gasteiger partial charge in [-0.3, -0.25) is 0 Å². The standard InChI is InChI=1S/C14H20N2O3S/c1-2-3-4-11(13(17)18)15-14(19)16-7-5-12-10(9-16)6-8-20-12/h6,8,11H,2-5,7,9H2,1H3,(H,15,19)(H,17,18)/t11-/m0/s1. The van der Waals surface area contributed by atoms with Crippen LogP contribution in [0, 0.1) is 0 Å². The van der Waals surface area contributed by atoms with Gasteiger partial charge < -0.3 is 15.3 Å². The molecular weight excluding hydrogens is 276 g/mol. The van der Waals surface area contributed by atoms with Crippen LogP contribution in [0.15, 0.2) is 11.4 Å². The molecule has 1 aromatic heterocycles. The summed E-state index contributed by atoms with van der Waals surface area (Å²) in [5.41, 5.74) is 1.18. The fraction of sp³-hybridized carbons (Fsp3) is 0.571. The third-order valence-corrected chi connectivity index (χ3v) is 4.56. The molecule has 0 bridgehead atoms. The normalized spacial score (nSPS) is 15.6. The number of carboxylic acids is 1. The van der Waals surface area contributed by atoms with Crippen molar-refractivity contribution in [2.75, 3.05) is 6.54 Å². The average molecular weight is 296 g/mol. The first-order valence-corrected chi connectivity index (χ1v) is 7.83. The molecule has 0 spiro atoms. The molecule has 0 saturated heterocycles. The van der Waals surface area contributed by atoms with Gasteiger partial charge in [-0.05, 0) is 29.9 Å². The van der Waals surface area contributed by atoms with E-state index < -0.39 is 12.0 Å². The van der Waals surface area contributed by atoms with Crippen LogP contribution in [-0.4, -0.2) is 34.6 Å². The Morgan fingerprint density at radius 3 is 3.05 bits per heavy atom. The predicted molar refractivity (Wildman–Crippen MR) is 77.9 cm³/mol. The van der Waals surface area contributed by atoms with Gasteiger partial charge >= 0.3 is 12.0 Å². The first kappa shape index (κ1) is 14.8. The molecule has 2 rings (SSSR count). The molecule has 0 aliphatic carbocycles. The van der Waals surface area contributed by atoms with Gasteiger partial charge in [0.05, 0.1) is 0 Å². The summed E-state index contributed by atoms with van der Waals surface area (Å²) in [6.07, 6.45) is 3.05. The largest absolute Gasteiger partial charge is 0.480 e. The van der Waals surface area contributed by atoms with Crippen molar-refractivity contribution in [1.82, 2.24) is 10.2 Å². The summed E-state index contributed by atoms with van der Waals surface area (Å²) in [6, 6.07) is 0.974. The second-order valence-corrected chi connectivity index (χ2v) is 6.02. The lowest BCUT2D eigenvalue weighted by Gasteiger charge is -2.28. The zero-order valence-electron chi connectivity index (χ0n) is 11.6. The van der Waals surface area contributed by atoms with E-state index >= 15 is 0 Å². The number of thiophene rings is 1. The third kappa shape index (κ3) is 3.50. The van der Waals surface area contributed by atoms with E-state index in [9.17, 15) is 9.59 Å². The van der Waals surface area contributed by atoms with Crippen molar-refractivity contribution in [3.63, 3.8) is 0 Å². The van der Waals surface area contributed by atoms with Gasteiger partial charge in [-0.15, -0.1) is 11.3 Å². The monoisotopic (exact) mass is 296 g/mol. The molecule has 0 saturated carbocycles. The molecule has 0 unspecified atom stereocenters. The van der Waals surface area contributed by atoms with Gasteiger partial charge in [-0.1, -0.05) is 19.8 Å². The van der Waals surface area contributed by atoms with E-state index in [0.717, 1.165) is 19.3 Å². The first-order valence-electron chi connectivity index (χ1n) is 6.95. The number of nitrogens with one attached hydrogen (secondary N) is 1. The average Bonchev–Trinajstić information content (AvgIpc) is 2.90. The number of nitrogens with zero attached hydrogens (tertiary/aromatic N) is 1. The van der Waals surface area contributed by atoms with Crippen molar-refractivity contribution in [2.24, 2.45) is 0 Å². The van der Waals surface area contributed by atoms with Crippen LogP contribution in [0.4, 0.5) is 4.79 Å². The number of amides is 2. The van der Waals surface area contributed by atoms with Gasteiger partial charge in [-0.2, -0.15) is 0 Å². The van der Waals surface area contributed by atoms with E-state index in [0.29, 0.717) is 19.5 Å². The van der Waals surface area contributed by atoms with Crippen LogP contribution in [0.25, 0.3) is 0 Å². The molecule has 2 N–H and O–H groups in total. The van der Waals surface area contributed by atoms with Gasteiger partial charge in [0.2, 0.25) is 0 Å². The van der Waals surface area contributed by atoms with E-state index in [-0.39, 0.29) is 6.03 Å². The molecular formula is C14H20N2O3S. The van der Waals surface area contributed by atoms with Crippen LogP contribution in [0.5, 0.6) is 0 Å². The number of fused-ring (bicyclic) bond motifs is 1. The lowest BCUT2D eigenvalue weighted by Crippen LogP contribution is -2.49. The predicted octanol–water partition coefficient (Wildman–Crippen LogP) is 2.46. The van der Waals surface area contributed by atoms with Gasteiger partial charge in [-0.25, -0.2) is 9.59 Å². The van der Waals surface area contributed by atoms with Crippen LogP contribution in [0.1, 0.15) is 36.6 Å². The molecule has 1 aliphatic heterocycles. The molecule has 0 aromatic carbocycles. The van der Waals surface area contributed by atoms with Crippen LogP contribution in [0.3, 0.4) is 0 Å². The Kier molecular flexibility index (Phi) is 5.00. The minimum Gasteiger partial charge on any atom is -0.480 e. The summed E-state index contributed by atoms with van der Waals surface area (Å²) in [4.78, 5) is 26.3. The summed E-state index contributed by atoms with van der Waals surface area (Å²) >= 11 is 1.72. The topological polar surface area (TPSA) is 69.6 Å². The Morgan fingerprint density at radius 1 is 1.55 bits per heavy atom. The summed E-state index contributed by atoms with van der Waals surface area (Å²) < 4.78 is 0. The zero-order chi connectivity index (χ0) is 14.5. The van der Waals surface area contributed by atoms with Gasteiger partial charge in [0, 0.05) is 18.0 Å². The molecule has 110 valence electrons. The lowest BCUT2D eigenvalue weighted by atomic mass is 10.1. The number of carboxylic acid groups (broad SMARTS) is 1. The lowest BCUT2D eigenvalue weighted by molar-refractivity contribution is -0.139. The number of carbonyl (C=O) groups excluding carboxylic acids is 1. The Balaban J connectivity index is 1.92. The van der Waals surface area contributed by atoms with Crippen molar-refractivity contribution >= 4 is 23.3 Å². The Labute approximate surface area is 122 Å². The SMILES string of the molecule is CCCC[C@H](NC(=O)N1CCc2sccc2C1)C(=O)O. The summed E-state index contributed by atoms with van der Waals surface area (Å²) in [7, 11) is 0. The highest BCUT2D eigenvalue weighted by molar-refractivity contribution is 7.10. The molecule has 6 heteroatoms. The highest BCUT2D eigenvalue weighted by atomic mass is 32.1. The Morgan fingerprint density at radius 2 is 2.35 bits per heavy atom. The second kappa shape index (κ2) is 6.74. The maximum Gasteiger partial charge on any atom is 0.326 e. The van der Waals surface area contributed by atoms with Crippen LogP contribution in [-0.2, 0) is 17.8 Å². The van der Waals surface area contributed by atoms with E-state index in [1.807, 2.05) is 18.4 Å². The van der Waals surface area contributed by atoms with Crippen molar-refractivity contribution in [2.45, 2.75) is 45.2 Å². The number of hydrogen-bond acceptors (Lipinski definition) is 3. The second-order valence-electron chi connectivity index (χ2n) is 5.02. The van der Waals surface area contributed by atoms with Gasteiger partial charge in [0.1, 0.15) is 6.04 Å². The molecule has 5 nitrogen and oxygen atoms in total. The van der Waals surface area contributed by atoms with Gasteiger partial charge in [0.25, 0.3) is 0 Å². The van der Waals surface area contributed by atoms with Crippen LogP contribution >= 0.6 is 11.3 Å². The fourth-order valence-electron chi connectivity index (χ4n) is 2.33. The van der Waals surface area contributed by atoms with Crippen LogP contribution in [0.2, 0.25) is 0 Å². The molecule has 1 aromatic rings.